The minimum atomic E-state index is -6.08. The lowest BCUT2D eigenvalue weighted by Crippen LogP contribution is -2.37. The lowest BCUT2D eigenvalue weighted by Gasteiger charge is -2.20. The molecule has 4 rings (SSSR count). The summed E-state index contributed by atoms with van der Waals surface area (Å²) in [6, 6.07) is 12.7. The minimum absolute atomic E-state index is 0.339. The lowest BCUT2D eigenvalue weighted by atomic mass is 10.1. The van der Waals surface area contributed by atoms with E-state index in [2.05, 4.69) is 22.0 Å². The van der Waals surface area contributed by atoms with Crippen LogP contribution in [0.2, 0.25) is 0 Å². The van der Waals surface area contributed by atoms with Crippen molar-refractivity contribution in [3.63, 3.8) is 0 Å². The molecular formula is C20H24N2O18P4. The Morgan fingerprint density at radius 2 is 1.36 bits per heavy atom. The van der Waals surface area contributed by atoms with Gasteiger partial charge in [0.25, 0.3) is 5.56 Å². The van der Waals surface area contributed by atoms with Crippen LogP contribution in [0.25, 0.3) is 10.8 Å². The zero-order valence-corrected chi connectivity index (χ0v) is 25.3. The average molecular weight is 704 g/mol. The molecule has 2 aromatic carbocycles. The molecule has 0 saturated carbocycles. The number of nitrogens with zero attached hydrogens (tertiary/aromatic N) is 1. The molecule has 242 valence electrons. The van der Waals surface area contributed by atoms with E-state index in [4.69, 9.17) is 4.74 Å². The number of rotatable bonds is 13. The van der Waals surface area contributed by atoms with Crippen LogP contribution in [0.15, 0.2) is 64.3 Å². The van der Waals surface area contributed by atoms with Crippen LogP contribution in [0.4, 0.5) is 0 Å². The van der Waals surface area contributed by atoms with Crippen molar-refractivity contribution >= 4 is 42.1 Å². The molecule has 0 amide bonds. The van der Waals surface area contributed by atoms with Gasteiger partial charge in [-0.05, 0) is 22.4 Å². The number of benzene rings is 2. The number of phosphoric acid groups is 4. The standard InChI is InChI=1S/C20H24N2O18P4/c23-16-7-8-22(20(26)21-16)19-18(25)17(24)15(37-19)11-36-42(29,30)39-44(33,34)40-43(31,32)38-41(27,28)35-10-12-5-6-13-3-1-2-4-14(13)9-12/h1-9,15,17-19,24-25H,10-11H2,(H,27,28)(H,29,30)(H,31,32)(H,33,34)(H,21,23,26)/t15-,17+,18?,19-/m1/s1. The quantitative estimate of drug-likeness (QED) is 0.122. The van der Waals surface area contributed by atoms with E-state index in [1.165, 1.54) is 6.07 Å². The average Bonchev–Trinajstić information content (AvgIpc) is 3.17. The summed E-state index contributed by atoms with van der Waals surface area (Å²) in [5.74, 6) is 0. The maximum Gasteiger partial charge on any atom is 0.490 e. The summed E-state index contributed by atoms with van der Waals surface area (Å²) < 4.78 is 75.2. The first-order valence-electron chi connectivity index (χ1n) is 11.9. The molecule has 0 radical (unpaired) electrons. The van der Waals surface area contributed by atoms with Gasteiger partial charge >= 0.3 is 37.0 Å². The van der Waals surface area contributed by atoms with Gasteiger partial charge in [0.15, 0.2) is 6.23 Å². The molecule has 1 fully saturated rings. The van der Waals surface area contributed by atoms with E-state index in [0.29, 0.717) is 10.1 Å². The highest BCUT2D eigenvalue weighted by atomic mass is 31.3. The first kappa shape index (κ1) is 34.7. The fraction of sp³-hybridized carbons (Fsp3) is 0.300. The number of fused-ring (bicyclic) bond motifs is 1. The van der Waals surface area contributed by atoms with Crippen LogP contribution in [0, 0.1) is 0 Å². The van der Waals surface area contributed by atoms with Crippen LogP contribution in [0.5, 0.6) is 0 Å². The minimum Gasteiger partial charge on any atom is -0.387 e. The monoisotopic (exact) mass is 704 g/mol. The molecule has 1 aliphatic rings. The third-order valence-electron chi connectivity index (χ3n) is 5.69. The van der Waals surface area contributed by atoms with Crippen molar-refractivity contribution in [3.05, 3.63) is 81.1 Å². The molecule has 2 heterocycles. The van der Waals surface area contributed by atoms with E-state index in [1.54, 1.807) is 36.4 Å². The first-order valence-corrected chi connectivity index (χ1v) is 17.9. The van der Waals surface area contributed by atoms with Gasteiger partial charge in [0.05, 0.1) is 13.2 Å². The van der Waals surface area contributed by atoms with Crippen LogP contribution in [0.1, 0.15) is 11.8 Å². The van der Waals surface area contributed by atoms with Crippen LogP contribution in [-0.2, 0) is 51.6 Å². The van der Waals surface area contributed by atoms with Crippen molar-refractivity contribution in [1.82, 2.24) is 9.55 Å². The Hall–Kier alpha value is -2.18. The fourth-order valence-electron chi connectivity index (χ4n) is 3.84. The molecule has 44 heavy (non-hydrogen) atoms. The van der Waals surface area contributed by atoms with Gasteiger partial charge in [-0.25, -0.2) is 23.1 Å². The van der Waals surface area contributed by atoms with E-state index in [9.17, 15) is 57.6 Å². The normalized spacial score (nSPS) is 26.0. The van der Waals surface area contributed by atoms with Gasteiger partial charge in [-0.2, -0.15) is 12.9 Å². The zero-order valence-electron chi connectivity index (χ0n) is 21.7. The molecule has 0 spiro atoms. The molecule has 1 aromatic heterocycles. The van der Waals surface area contributed by atoms with Crippen LogP contribution >= 0.6 is 31.3 Å². The Bertz CT molecular complexity index is 1830. The number of H-pyrrole nitrogens is 1. The third-order valence-corrected chi connectivity index (χ3v) is 11.6. The van der Waals surface area contributed by atoms with Crippen LogP contribution < -0.4 is 11.2 Å². The molecule has 3 aromatic rings. The first-order chi connectivity index (χ1) is 20.4. The highest BCUT2D eigenvalue weighted by Gasteiger charge is 2.48. The topological polar surface area (TPSA) is 300 Å². The number of hydrogen-bond donors (Lipinski definition) is 7. The molecule has 7 N–H and O–H groups in total. The van der Waals surface area contributed by atoms with Crippen molar-refractivity contribution in [2.24, 2.45) is 0 Å². The maximum atomic E-state index is 12.2. The SMILES string of the molecule is O=c1ccn([C@@H]2O[C@H](COP(=O)(O)OP(=O)(O)OP(=O)(O)OP(=O)(O)OCc3ccc4ccccc4c3)[C@H](O)C2O)c(=O)[nH]1. The molecule has 20 nitrogen and oxygen atoms in total. The Morgan fingerprint density at radius 3 is 2.00 bits per heavy atom. The van der Waals surface area contributed by atoms with Crippen molar-refractivity contribution in [3.8, 4) is 0 Å². The van der Waals surface area contributed by atoms with Crippen LogP contribution in [-0.4, -0.2) is 64.3 Å². The Balaban J connectivity index is 1.31. The van der Waals surface area contributed by atoms with Crippen molar-refractivity contribution < 1.29 is 74.8 Å². The van der Waals surface area contributed by atoms with Gasteiger partial charge in [0.2, 0.25) is 0 Å². The Morgan fingerprint density at radius 1 is 0.773 bits per heavy atom. The number of ether oxygens (including phenoxy) is 1. The Labute approximate surface area is 245 Å². The lowest BCUT2D eigenvalue weighted by molar-refractivity contribution is -0.0542. The van der Waals surface area contributed by atoms with Gasteiger partial charge < -0.3 is 34.5 Å². The number of aliphatic hydroxyl groups excluding tert-OH is 2. The van der Waals surface area contributed by atoms with E-state index < -0.39 is 80.3 Å². The number of aromatic amines is 1. The fourth-order valence-corrected chi connectivity index (χ4v) is 8.77. The summed E-state index contributed by atoms with van der Waals surface area (Å²) in [6.45, 7) is -1.75. The highest BCUT2D eigenvalue weighted by molar-refractivity contribution is 7.69. The number of nitrogens with one attached hydrogen (secondary N) is 1. The zero-order chi connectivity index (χ0) is 32.5. The van der Waals surface area contributed by atoms with Crippen molar-refractivity contribution in [2.75, 3.05) is 6.61 Å². The summed E-state index contributed by atoms with van der Waals surface area (Å²) in [5, 5.41) is 21.9. The molecule has 1 saturated heterocycles. The second-order valence-corrected chi connectivity index (χ2v) is 15.2. The van der Waals surface area contributed by atoms with Gasteiger partial charge in [0.1, 0.15) is 18.3 Å². The molecular weight excluding hydrogens is 680 g/mol. The molecule has 24 heteroatoms. The van der Waals surface area contributed by atoms with Gasteiger partial charge in [-0.15, -0.1) is 0 Å². The summed E-state index contributed by atoms with van der Waals surface area (Å²) in [7, 11) is -23.3. The summed E-state index contributed by atoms with van der Waals surface area (Å²) in [6.07, 6.45) is -6.03. The van der Waals surface area contributed by atoms with Crippen LogP contribution in [0.3, 0.4) is 0 Å². The van der Waals surface area contributed by atoms with E-state index in [-0.39, 0.29) is 0 Å². The van der Waals surface area contributed by atoms with E-state index in [0.717, 1.165) is 23.0 Å². The molecule has 5 unspecified atom stereocenters. The number of aromatic nitrogens is 2. The number of aliphatic hydroxyl groups is 2. The molecule has 0 bridgehead atoms. The van der Waals surface area contributed by atoms with Crippen molar-refractivity contribution in [1.29, 1.82) is 0 Å². The molecule has 0 aliphatic carbocycles. The summed E-state index contributed by atoms with van der Waals surface area (Å²) >= 11 is 0. The second-order valence-electron chi connectivity index (χ2n) is 8.93. The molecule has 1 aliphatic heterocycles. The number of hydrogen-bond acceptors (Lipinski definition) is 14. The number of phosphoric ester groups is 2. The van der Waals surface area contributed by atoms with Gasteiger partial charge in [-0.1, -0.05) is 36.4 Å². The highest BCUT2D eigenvalue weighted by Crippen LogP contribution is 2.71. The Kier molecular flexibility index (Phi) is 10.5. The predicted octanol–water partition coefficient (Wildman–Crippen LogP) is 0.994. The van der Waals surface area contributed by atoms with Crippen molar-refractivity contribution in [2.45, 2.75) is 31.1 Å². The smallest absolute Gasteiger partial charge is 0.387 e. The van der Waals surface area contributed by atoms with Gasteiger partial charge in [-0.3, -0.25) is 23.4 Å². The van der Waals surface area contributed by atoms with E-state index >= 15 is 0 Å². The van der Waals surface area contributed by atoms with E-state index in [1.807, 2.05) is 4.98 Å². The maximum absolute atomic E-state index is 12.2. The third kappa shape index (κ3) is 9.19. The largest absolute Gasteiger partial charge is 0.490 e. The molecule has 8 atom stereocenters. The van der Waals surface area contributed by atoms with Gasteiger partial charge in [0, 0.05) is 12.3 Å². The summed E-state index contributed by atoms with van der Waals surface area (Å²) in [4.78, 5) is 64.1. The predicted molar refractivity (Wildman–Crippen MR) is 144 cm³/mol. The second kappa shape index (κ2) is 13.3. The summed E-state index contributed by atoms with van der Waals surface area (Å²) in [5.41, 5.74) is -1.47.